The van der Waals surface area contributed by atoms with Gasteiger partial charge in [-0.3, -0.25) is 4.79 Å². The number of fused-ring (bicyclic) bond motifs is 1. The van der Waals surface area contributed by atoms with Crippen LogP contribution in [0.2, 0.25) is 0 Å². The van der Waals surface area contributed by atoms with E-state index in [4.69, 9.17) is 12.2 Å². The third kappa shape index (κ3) is 2.25. The standard InChI is InChI=1S/C19H16N2O/c1-3-10-21-13(2)17(19(20)22)12-18(21)16-9-8-14-6-4-5-7-15(14)11-16/h1,4-9,11-12H,10H2,2H3,(H2,20,22). The predicted molar refractivity (Wildman–Crippen MR) is 89.5 cm³/mol. The fourth-order valence-corrected chi connectivity index (χ4v) is 2.78. The number of rotatable bonds is 3. The van der Waals surface area contributed by atoms with Crippen LogP contribution in [0.15, 0.2) is 48.5 Å². The highest BCUT2D eigenvalue weighted by Crippen LogP contribution is 2.28. The second kappa shape index (κ2) is 5.42. The summed E-state index contributed by atoms with van der Waals surface area (Å²) in [6.45, 7) is 2.27. The molecule has 3 rings (SSSR count). The smallest absolute Gasteiger partial charge is 0.250 e. The molecule has 0 saturated heterocycles. The Morgan fingerprint density at radius 1 is 1.18 bits per heavy atom. The first-order valence-corrected chi connectivity index (χ1v) is 7.04. The van der Waals surface area contributed by atoms with E-state index in [1.165, 1.54) is 5.39 Å². The zero-order valence-corrected chi connectivity index (χ0v) is 12.3. The van der Waals surface area contributed by atoms with Crippen molar-refractivity contribution in [2.24, 2.45) is 5.73 Å². The van der Waals surface area contributed by atoms with Crippen molar-refractivity contribution in [3.63, 3.8) is 0 Å². The SMILES string of the molecule is C#CCn1c(-c2ccc3ccccc3c2)cc(C(N)=O)c1C. The number of nitrogens with two attached hydrogens (primary N) is 1. The van der Waals surface area contributed by atoms with E-state index in [1.54, 1.807) is 0 Å². The number of aromatic nitrogens is 1. The molecule has 0 aliphatic rings. The summed E-state index contributed by atoms with van der Waals surface area (Å²) in [7, 11) is 0. The lowest BCUT2D eigenvalue weighted by Crippen LogP contribution is -2.12. The first-order valence-electron chi connectivity index (χ1n) is 7.04. The molecular weight excluding hydrogens is 272 g/mol. The van der Waals surface area contributed by atoms with Crippen molar-refractivity contribution < 1.29 is 4.79 Å². The number of primary amides is 1. The lowest BCUT2D eigenvalue weighted by molar-refractivity contribution is 0.0999. The van der Waals surface area contributed by atoms with Crippen LogP contribution < -0.4 is 5.73 Å². The van der Waals surface area contributed by atoms with Crippen LogP contribution in [0.25, 0.3) is 22.0 Å². The van der Waals surface area contributed by atoms with Gasteiger partial charge in [-0.25, -0.2) is 0 Å². The molecule has 0 aliphatic carbocycles. The quantitative estimate of drug-likeness (QED) is 0.738. The Morgan fingerprint density at radius 3 is 2.59 bits per heavy atom. The van der Waals surface area contributed by atoms with Crippen LogP contribution in [0.4, 0.5) is 0 Å². The lowest BCUT2D eigenvalue weighted by atomic mass is 10.0. The maximum absolute atomic E-state index is 11.6. The molecule has 1 aromatic heterocycles. The van der Waals surface area contributed by atoms with Crippen molar-refractivity contribution >= 4 is 16.7 Å². The molecule has 3 aromatic rings. The number of carbonyl (C=O) groups excluding carboxylic acids is 1. The van der Waals surface area contributed by atoms with Crippen molar-refractivity contribution in [2.45, 2.75) is 13.5 Å². The molecule has 3 heteroatoms. The Hall–Kier alpha value is -2.99. The Labute approximate surface area is 129 Å². The van der Waals surface area contributed by atoms with Crippen LogP contribution in [0, 0.1) is 19.3 Å². The largest absolute Gasteiger partial charge is 0.366 e. The topological polar surface area (TPSA) is 48.0 Å². The average Bonchev–Trinajstić information content (AvgIpc) is 2.85. The van der Waals surface area contributed by atoms with Crippen LogP contribution in [0.5, 0.6) is 0 Å². The number of terminal acetylenes is 1. The second-order valence-electron chi connectivity index (χ2n) is 5.25. The molecule has 0 bridgehead atoms. The molecule has 1 heterocycles. The molecule has 0 unspecified atom stereocenters. The molecule has 0 atom stereocenters. The summed E-state index contributed by atoms with van der Waals surface area (Å²) >= 11 is 0. The van der Waals surface area contributed by atoms with Gasteiger partial charge in [-0.1, -0.05) is 42.3 Å². The molecule has 2 aromatic carbocycles. The summed E-state index contributed by atoms with van der Waals surface area (Å²) in [6, 6.07) is 16.2. The number of nitrogens with zero attached hydrogens (tertiary/aromatic N) is 1. The molecule has 22 heavy (non-hydrogen) atoms. The zero-order valence-electron chi connectivity index (χ0n) is 12.3. The molecule has 2 N–H and O–H groups in total. The van der Waals surface area contributed by atoms with Gasteiger partial charge in [-0.2, -0.15) is 0 Å². The lowest BCUT2D eigenvalue weighted by Gasteiger charge is -2.09. The van der Waals surface area contributed by atoms with Crippen LogP contribution in [-0.2, 0) is 6.54 Å². The highest BCUT2D eigenvalue weighted by Gasteiger charge is 2.16. The van der Waals surface area contributed by atoms with Gasteiger partial charge < -0.3 is 10.3 Å². The minimum absolute atomic E-state index is 0.404. The van der Waals surface area contributed by atoms with E-state index in [9.17, 15) is 4.79 Å². The van der Waals surface area contributed by atoms with Gasteiger partial charge >= 0.3 is 0 Å². The van der Waals surface area contributed by atoms with Gasteiger partial charge in [0.2, 0.25) is 0 Å². The monoisotopic (exact) mass is 288 g/mol. The zero-order chi connectivity index (χ0) is 15.7. The highest BCUT2D eigenvalue weighted by atomic mass is 16.1. The second-order valence-corrected chi connectivity index (χ2v) is 5.25. The van der Waals surface area contributed by atoms with E-state index < -0.39 is 5.91 Å². The first-order chi connectivity index (χ1) is 10.6. The fourth-order valence-electron chi connectivity index (χ4n) is 2.78. The van der Waals surface area contributed by atoms with Gasteiger partial charge in [0.25, 0.3) is 5.91 Å². The molecule has 3 nitrogen and oxygen atoms in total. The van der Waals surface area contributed by atoms with Crippen molar-refractivity contribution in [2.75, 3.05) is 0 Å². The number of benzene rings is 2. The molecular formula is C19H16N2O. The van der Waals surface area contributed by atoms with Gasteiger partial charge in [0, 0.05) is 11.4 Å². The fraction of sp³-hybridized carbons (Fsp3) is 0.105. The van der Waals surface area contributed by atoms with E-state index in [-0.39, 0.29) is 0 Å². The minimum atomic E-state index is -0.435. The van der Waals surface area contributed by atoms with Gasteiger partial charge in [-0.15, -0.1) is 6.42 Å². The molecule has 108 valence electrons. The third-order valence-electron chi connectivity index (χ3n) is 3.93. The van der Waals surface area contributed by atoms with Gasteiger partial charge in [0.1, 0.15) is 0 Å². The van der Waals surface area contributed by atoms with Crippen LogP contribution in [-0.4, -0.2) is 10.5 Å². The minimum Gasteiger partial charge on any atom is -0.366 e. The van der Waals surface area contributed by atoms with Gasteiger partial charge in [0.15, 0.2) is 0 Å². The Kier molecular flexibility index (Phi) is 3.44. The summed E-state index contributed by atoms with van der Waals surface area (Å²) in [6.07, 6.45) is 5.47. The maximum Gasteiger partial charge on any atom is 0.250 e. The van der Waals surface area contributed by atoms with E-state index >= 15 is 0 Å². The number of carbonyl (C=O) groups is 1. The number of amides is 1. The summed E-state index contributed by atoms with van der Waals surface area (Å²) in [4.78, 5) is 11.6. The number of hydrogen-bond acceptors (Lipinski definition) is 1. The summed E-state index contributed by atoms with van der Waals surface area (Å²) in [5, 5.41) is 2.32. The summed E-state index contributed by atoms with van der Waals surface area (Å²) in [5.74, 6) is 2.20. The highest BCUT2D eigenvalue weighted by molar-refractivity contribution is 5.96. The Morgan fingerprint density at radius 2 is 1.91 bits per heavy atom. The normalized spacial score (nSPS) is 10.5. The summed E-state index contributed by atoms with van der Waals surface area (Å²) < 4.78 is 1.95. The van der Waals surface area contributed by atoms with E-state index in [0.717, 1.165) is 22.3 Å². The van der Waals surface area contributed by atoms with Crippen molar-refractivity contribution in [1.82, 2.24) is 4.57 Å². The van der Waals surface area contributed by atoms with Crippen molar-refractivity contribution in [3.05, 3.63) is 59.8 Å². The molecule has 0 saturated carbocycles. The molecule has 0 spiro atoms. The van der Waals surface area contributed by atoms with E-state index in [2.05, 4.69) is 30.2 Å². The molecule has 1 amide bonds. The van der Waals surface area contributed by atoms with E-state index in [0.29, 0.717) is 12.1 Å². The van der Waals surface area contributed by atoms with Crippen LogP contribution in [0.1, 0.15) is 16.1 Å². The average molecular weight is 288 g/mol. The molecule has 0 aliphatic heterocycles. The Bertz CT molecular complexity index is 913. The Balaban J connectivity index is 2.22. The van der Waals surface area contributed by atoms with Gasteiger partial charge in [0.05, 0.1) is 12.1 Å². The summed E-state index contributed by atoms with van der Waals surface area (Å²) in [5.41, 5.74) is 8.70. The predicted octanol–water partition coefficient (Wildman–Crippen LogP) is 3.35. The first kappa shape index (κ1) is 14.0. The molecule has 0 radical (unpaired) electrons. The number of hydrogen-bond donors (Lipinski definition) is 1. The third-order valence-corrected chi connectivity index (χ3v) is 3.93. The van der Waals surface area contributed by atoms with Crippen molar-refractivity contribution in [1.29, 1.82) is 0 Å². The maximum atomic E-state index is 11.6. The van der Waals surface area contributed by atoms with Crippen molar-refractivity contribution in [3.8, 4) is 23.6 Å². The van der Waals surface area contributed by atoms with Crippen LogP contribution >= 0.6 is 0 Å². The van der Waals surface area contributed by atoms with Gasteiger partial charge in [-0.05, 0) is 35.4 Å². The van der Waals surface area contributed by atoms with E-state index in [1.807, 2.05) is 35.8 Å². The molecule has 0 fully saturated rings. The van der Waals surface area contributed by atoms with Crippen LogP contribution in [0.3, 0.4) is 0 Å².